The van der Waals surface area contributed by atoms with Crippen LogP contribution in [0.1, 0.15) is 25.0 Å². The first-order valence-electron chi connectivity index (χ1n) is 6.81. The summed E-state index contributed by atoms with van der Waals surface area (Å²) in [5, 5.41) is 8.69. The Hall–Kier alpha value is -1.17. The number of hydrogen-bond donors (Lipinski definition) is 3. The number of benzene rings is 1. The Morgan fingerprint density at radius 3 is 2.10 bits per heavy atom. The van der Waals surface area contributed by atoms with Crippen molar-refractivity contribution < 1.29 is 14.7 Å². The highest BCUT2D eigenvalue weighted by Gasteiger charge is 2.37. The molecule has 1 rings (SSSR count). The van der Waals surface area contributed by atoms with E-state index < -0.39 is 20.3 Å². The molecular formula is C15H25NO3Si. The van der Waals surface area contributed by atoms with Crippen LogP contribution >= 0.6 is 0 Å². The molecular weight excluding hydrogens is 270 g/mol. The Labute approximate surface area is 121 Å². The maximum absolute atomic E-state index is 10.7. The van der Waals surface area contributed by atoms with Crippen molar-refractivity contribution in [3.8, 4) is 0 Å². The first-order chi connectivity index (χ1) is 9.03. The van der Waals surface area contributed by atoms with Crippen molar-refractivity contribution >= 4 is 14.3 Å². The monoisotopic (exact) mass is 295 g/mol. The van der Waals surface area contributed by atoms with Crippen molar-refractivity contribution in [1.29, 1.82) is 0 Å². The molecule has 4 N–H and O–H groups in total. The molecule has 0 aliphatic rings. The van der Waals surface area contributed by atoms with Gasteiger partial charge in [-0.25, -0.2) is 0 Å². The molecule has 1 unspecified atom stereocenters. The Morgan fingerprint density at radius 2 is 1.70 bits per heavy atom. The topological polar surface area (TPSA) is 83.6 Å². The molecule has 20 heavy (non-hydrogen) atoms. The van der Waals surface area contributed by atoms with E-state index in [0.717, 1.165) is 17.5 Å². The van der Waals surface area contributed by atoms with Crippen molar-refractivity contribution in [3.05, 3.63) is 35.4 Å². The van der Waals surface area contributed by atoms with Gasteiger partial charge >= 0.3 is 5.97 Å². The molecule has 0 radical (unpaired) electrons. The second-order valence-electron chi connectivity index (χ2n) is 6.59. The van der Waals surface area contributed by atoms with Crippen LogP contribution in [0, 0.1) is 0 Å². The minimum absolute atomic E-state index is 0.105. The smallest absolute Gasteiger partial charge is 0.320 e. The lowest BCUT2D eigenvalue weighted by atomic mass is 9.99. The third kappa shape index (κ3) is 4.44. The number of carbonyl (C=O) groups is 1. The van der Waals surface area contributed by atoms with Gasteiger partial charge < -0.3 is 15.6 Å². The van der Waals surface area contributed by atoms with Crippen molar-refractivity contribution in [2.75, 3.05) is 0 Å². The Balaban J connectivity index is 2.75. The molecule has 0 aliphatic heterocycles. The second-order valence-corrected chi connectivity index (χ2v) is 11.1. The summed E-state index contributed by atoms with van der Waals surface area (Å²) in [4.78, 5) is 21.0. The predicted octanol–water partition coefficient (Wildman–Crippen LogP) is 2.16. The van der Waals surface area contributed by atoms with Crippen LogP contribution in [0.3, 0.4) is 0 Å². The van der Waals surface area contributed by atoms with Crippen molar-refractivity contribution in [2.24, 2.45) is 5.73 Å². The van der Waals surface area contributed by atoms with Gasteiger partial charge in [0.1, 0.15) is 6.04 Å². The fourth-order valence-corrected chi connectivity index (χ4v) is 2.50. The third-order valence-electron chi connectivity index (χ3n) is 4.10. The van der Waals surface area contributed by atoms with E-state index in [1.165, 1.54) is 0 Å². The zero-order chi connectivity index (χ0) is 15.6. The van der Waals surface area contributed by atoms with Crippen LogP contribution in [0.5, 0.6) is 0 Å². The molecule has 5 heteroatoms. The molecule has 0 aliphatic carbocycles. The molecule has 0 saturated heterocycles. The van der Waals surface area contributed by atoms with Gasteiger partial charge in [-0.05, 0) is 42.1 Å². The lowest BCUT2D eigenvalue weighted by Crippen LogP contribution is -2.40. The minimum atomic E-state index is -2.22. The van der Waals surface area contributed by atoms with Gasteiger partial charge in [-0.15, -0.1) is 0 Å². The molecule has 0 aromatic heterocycles. The maximum Gasteiger partial charge on any atom is 0.320 e. The number of carboxylic acid groups (broad SMARTS) is 1. The van der Waals surface area contributed by atoms with Gasteiger partial charge in [0.25, 0.3) is 0 Å². The Morgan fingerprint density at radius 1 is 1.25 bits per heavy atom. The maximum atomic E-state index is 10.7. The predicted molar refractivity (Wildman–Crippen MR) is 83.2 cm³/mol. The van der Waals surface area contributed by atoms with E-state index in [2.05, 4.69) is 13.8 Å². The van der Waals surface area contributed by atoms with E-state index in [9.17, 15) is 9.59 Å². The minimum Gasteiger partial charge on any atom is -0.480 e. The normalized spacial score (nSPS) is 14.1. The number of nitrogens with two attached hydrogens (primary N) is 1. The third-order valence-corrected chi connectivity index (χ3v) is 7.59. The number of carboxylic acids is 1. The number of hydrogen-bond acceptors (Lipinski definition) is 3. The summed E-state index contributed by atoms with van der Waals surface area (Å²) in [5.41, 5.74) is 7.59. The lowest BCUT2D eigenvalue weighted by molar-refractivity contribution is -0.138. The van der Waals surface area contributed by atoms with Gasteiger partial charge in [0.2, 0.25) is 0 Å². The van der Waals surface area contributed by atoms with E-state index >= 15 is 0 Å². The average Bonchev–Trinajstić information content (AvgIpc) is 2.29. The van der Waals surface area contributed by atoms with Crippen molar-refractivity contribution in [2.45, 2.75) is 50.9 Å². The summed E-state index contributed by atoms with van der Waals surface area (Å²) >= 11 is 0. The molecule has 0 saturated carbocycles. The molecule has 0 heterocycles. The molecule has 0 spiro atoms. The van der Waals surface area contributed by atoms with Gasteiger partial charge in [-0.2, -0.15) is 0 Å². The van der Waals surface area contributed by atoms with E-state index in [1.807, 2.05) is 37.4 Å². The zero-order valence-electron chi connectivity index (χ0n) is 12.7. The van der Waals surface area contributed by atoms with Crippen LogP contribution in [0.4, 0.5) is 0 Å². The molecule has 4 nitrogen and oxygen atoms in total. The number of aliphatic carboxylic acids is 1. The fourth-order valence-electron chi connectivity index (χ4n) is 1.86. The van der Waals surface area contributed by atoms with Crippen LogP contribution in [0.15, 0.2) is 24.3 Å². The van der Waals surface area contributed by atoms with Crippen LogP contribution in [-0.2, 0) is 17.6 Å². The summed E-state index contributed by atoms with van der Waals surface area (Å²) < 4.78 is 0. The van der Waals surface area contributed by atoms with Crippen molar-refractivity contribution in [3.63, 3.8) is 0 Å². The van der Waals surface area contributed by atoms with E-state index in [1.54, 1.807) is 0 Å². The molecule has 112 valence electrons. The number of rotatable bonds is 6. The lowest BCUT2D eigenvalue weighted by Gasteiger charge is -2.35. The van der Waals surface area contributed by atoms with E-state index in [4.69, 9.17) is 10.8 Å². The Kier molecular flexibility index (Phi) is 5.13. The summed E-state index contributed by atoms with van der Waals surface area (Å²) in [5.74, 6) is -0.983. The van der Waals surface area contributed by atoms with Crippen LogP contribution in [-0.4, -0.2) is 30.2 Å². The largest absolute Gasteiger partial charge is 0.480 e. The standard InChI is InChI=1S/C15H25NO3Si/c1-15(2,20(3,4)19)10-12-7-5-11(6-8-12)9-13(16)14(17)18/h5-8,13,19H,9-10,16H2,1-4H3,(H,17,18). The molecule has 1 aromatic rings. The first-order valence-corrected chi connectivity index (χ1v) is 9.76. The quantitative estimate of drug-likeness (QED) is 0.702. The molecule has 1 aromatic carbocycles. The van der Waals surface area contributed by atoms with Crippen molar-refractivity contribution in [1.82, 2.24) is 0 Å². The van der Waals surface area contributed by atoms with E-state index in [-0.39, 0.29) is 5.04 Å². The summed E-state index contributed by atoms with van der Waals surface area (Å²) in [6.07, 6.45) is 1.15. The van der Waals surface area contributed by atoms with Crippen LogP contribution in [0.25, 0.3) is 0 Å². The molecule has 1 atom stereocenters. The second kappa shape index (κ2) is 6.07. The van der Waals surface area contributed by atoms with Crippen LogP contribution in [0.2, 0.25) is 18.1 Å². The summed E-state index contributed by atoms with van der Waals surface area (Å²) in [6.45, 7) is 8.08. The van der Waals surface area contributed by atoms with E-state index in [0.29, 0.717) is 6.42 Å². The summed E-state index contributed by atoms with van der Waals surface area (Å²) in [7, 11) is -2.22. The highest BCUT2D eigenvalue weighted by molar-refractivity contribution is 6.72. The zero-order valence-corrected chi connectivity index (χ0v) is 13.7. The van der Waals surface area contributed by atoms with Gasteiger partial charge in [-0.3, -0.25) is 4.79 Å². The molecule has 0 fully saturated rings. The van der Waals surface area contributed by atoms with Gasteiger partial charge in [0.05, 0.1) is 0 Å². The highest BCUT2D eigenvalue weighted by atomic mass is 28.4. The summed E-state index contributed by atoms with van der Waals surface area (Å²) in [6, 6.07) is 6.96. The fraction of sp³-hybridized carbons (Fsp3) is 0.533. The van der Waals surface area contributed by atoms with Gasteiger partial charge in [0, 0.05) is 0 Å². The van der Waals surface area contributed by atoms with Crippen LogP contribution < -0.4 is 5.73 Å². The SMILES string of the molecule is CC(C)(Cc1ccc(CC(N)C(=O)O)cc1)[Si](C)(C)O. The average molecular weight is 295 g/mol. The Bertz CT molecular complexity index is 463. The van der Waals surface area contributed by atoms with Gasteiger partial charge in [0.15, 0.2) is 8.32 Å². The molecule has 0 bridgehead atoms. The first kappa shape index (κ1) is 16.9. The molecule has 0 amide bonds. The highest BCUT2D eigenvalue weighted by Crippen LogP contribution is 2.38. The van der Waals surface area contributed by atoms with Gasteiger partial charge in [-0.1, -0.05) is 38.1 Å².